The summed E-state index contributed by atoms with van der Waals surface area (Å²) < 4.78 is 0. The van der Waals surface area contributed by atoms with E-state index in [1.165, 1.54) is 6.07 Å². The molecule has 0 spiro atoms. The van der Waals surface area contributed by atoms with Crippen LogP contribution in [0.4, 0.5) is 0 Å². The Morgan fingerprint density at radius 2 is 2.18 bits per heavy atom. The number of hydrogen-bond acceptors (Lipinski definition) is 2. The summed E-state index contributed by atoms with van der Waals surface area (Å²) in [5.41, 5.74) is 0.323. The molecule has 0 radical (unpaired) electrons. The number of carbonyl (C=O) groups excluding carboxylic acids is 1. The number of aromatic nitrogens is 1. The van der Waals surface area contributed by atoms with Gasteiger partial charge in [-0.3, -0.25) is 4.79 Å². The monoisotopic (exact) mass is 278 g/mol. The summed E-state index contributed by atoms with van der Waals surface area (Å²) >= 11 is 11.5. The van der Waals surface area contributed by atoms with Crippen LogP contribution >= 0.6 is 23.2 Å². The van der Waals surface area contributed by atoms with Gasteiger partial charge < -0.3 is 15.4 Å². The van der Waals surface area contributed by atoms with E-state index in [1.807, 2.05) is 13.8 Å². The van der Waals surface area contributed by atoms with E-state index < -0.39 is 0 Å². The number of aromatic amines is 1. The number of aliphatic hydroxyl groups excluding tert-OH is 1. The minimum absolute atomic E-state index is 0.0371. The third kappa shape index (κ3) is 3.91. The average Bonchev–Trinajstić information content (AvgIpc) is 2.58. The Kier molecular flexibility index (Phi) is 5.31. The second-order valence-electron chi connectivity index (χ2n) is 4.18. The molecule has 96 valence electrons. The number of rotatable bonds is 5. The lowest BCUT2D eigenvalue weighted by Crippen LogP contribution is -2.39. The highest BCUT2D eigenvalue weighted by Gasteiger charge is 2.18. The lowest BCUT2D eigenvalue weighted by Gasteiger charge is -2.21. The molecular weight excluding hydrogens is 263 g/mol. The van der Waals surface area contributed by atoms with Crippen LogP contribution in [0, 0.1) is 5.92 Å². The average molecular weight is 279 g/mol. The third-order valence-electron chi connectivity index (χ3n) is 2.53. The lowest BCUT2D eigenvalue weighted by molar-refractivity contribution is 0.0912. The molecule has 1 aromatic heterocycles. The van der Waals surface area contributed by atoms with Crippen LogP contribution in [0.25, 0.3) is 0 Å². The molecule has 0 aliphatic carbocycles. The van der Waals surface area contributed by atoms with Gasteiger partial charge in [0, 0.05) is 12.6 Å². The topological polar surface area (TPSA) is 65.1 Å². The minimum atomic E-state index is -0.272. The number of nitrogens with one attached hydrogen (secondary N) is 2. The zero-order valence-electron chi connectivity index (χ0n) is 9.76. The molecule has 17 heavy (non-hydrogen) atoms. The molecule has 0 aliphatic heterocycles. The fourth-order valence-electron chi connectivity index (χ4n) is 1.48. The molecule has 6 heteroatoms. The Bertz CT molecular complexity index is 371. The summed E-state index contributed by atoms with van der Waals surface area (Å²) in [6, 6.07) is 1.41. The highest BCUT2D eigenvalue weighted by Crippen LogP contribution is 2.22. The number of halogens is 2. The van der Waals surface area contributed by atoms with Crippen LogP contribution in [-0.2, 0) is 0 Å². The van der Waals surface area contributed by atoms with Crippen molar-refractivity contribution in [3.8, 4) is 0 Å². The predicted molar refractivity (Wildman–Crippen MR) is 68.6 cm³/mol. The number of carbonyl (C=O) groups is 1. The first-order chi connectivity index (χ1) is 7.95. The van der Waals surface area contributed by atoms with Crippen LogP contribution in [0.15, 0.2) is 6.07 Å². The molecule has 4 nitrogen and oxygen atoms in total. The van der Waals surface area contributed by atoms with Crippen LogP contribution in [-0.4, -0.2) is 28.6 Å². The van der Waals surface area contributed by atoms with Gasteiger partial charge in [0.25, 0.3) is 5.91 Å². The zero-order valence-corrected chi connectivity index (χ0v) is 11.3. The Morgan fingerprint density at radius 3 is 2.59 bits per heavy atom. The summed E-state index contributed by atoms with van der Waals surface area (Å²) in [5.74, 6) is -0.0297. The molecule has 1 atom stereocenters. The van der Waals surface area contributed by atoms with Crippen molar-refractivity contribution in [3.63, 3.8) is 0 Å². The second-order valence-corrected chi connectivity index (χ2v) is 4.97. The fraction of sp³-hybridized carbons (Fsp3) is 0.545. The molecule has 0 fully saturated rings. The van der Waals surface area contributed by atoms with E-state index in [-0.39, 0.29) is 29.6 Å². The molecule has 0 bridgehead atoms. The molecule has 0 saturated heterocycles. The smallest absolute Gasteiger partial charge is 0.268 e. The van der Waals surface area contributed by atoms with Crippen LogP contribution in [0.2, 0.25) is 10.2 Å². The van der Waals surface area contributed by atoms with E-state index in [0.29, 0.717) is 17.1 Å². The highest BCUT2D eigenvalue weighted by molar-refractivity contribution is 6.41. The largest absolute Gasteiger partial charge is 0.396 e. The van der Waals surface area contributed by atoms with E-state index in [4.69, 9.17) is 28.3 Å². The summed E-state index contributed by atoms with van der Waals surface area (Å²) in [5, 5.41) is 12.3. The zero-order chi connectivity index (χ0) is 13.0. The van der Waals surface area contributed by atoms with E-state index in [1.54, 1.807) is 0 Å². The summed E-state index contributed by atoms with van der Waals surface area (Å²) in [4.78, 5) is 14.5. The van der Waals surface area contributed by atoms with Crippen molar-refractivity contribution in [1.82, 2.24) is 10.3 Å². The standard InChI is InChI=1S/C11H16Cl2N2O2/c1-6(2)8(3-4-16)15-11(17)9-5-7(12)10(13)14-9/h5-6,8,14,16H,3-4H2,1-2H3,(H,15,17). The first-order valence-electron chi connectivity index (χ1n) is 5.41. The molecule has 1 rings (SSSR count). The SMILES string of the molecule is CC(C)C(CCO)NC(=O)c1cc(Cl)c(Cl)[nH]1. The Labute approximate surface area is 110 Å². The summed E-state index contributed by atoms with van der Waals surface area (Å²) in [6.45, 7) is 4.00. The molecular formula is C11H16Cl2N2O2. The molecule has 3 N–H and O–H groups in total. The van der Waals surface area contributed by atoms with Gasteiger partial charge in [-0.05, 0) is 18.4 Å². The molecule has 0 aromatic carbocycles. The quantitative estimate of drug-likeness (QED) is 0.775. The Morgan fingerprint density at radius 1 is 1.53 bits per heavy atom. The lowest BCUT2D eigenvalue weighted by atomic mass is 10.0. The normalized spacial score (nSPS) is 12.8. The first kappa shape index (κ1) is 14.4. The van der Waals surface area contributed by atoms with E-state index in [0.717, 1.165) is 0 Å². The number of H-pyrrole nitrogens is 1. The molecule has 1 heterocycles. The van der Waals surface area contributed by atoms with Gasteiger partial charge in [-0.25, -0.2) is 0 Å². The second kappa shape index (κ2) is 6.28. The Hall–Kier alpha value is -0.710. The van der Waals surface area contributed by atoms with Gasteiger partial charge in [0.05, 0.1) is 5.02 Å². The van der Waals surface area contributed by atoms with Crippen molar-refractivity contribution >= 4 is 29.1 Å². The van der Waals surface area contributed by atoms with E-state index in [2.05, 4.69) is 10.3 Å². The number of amides is 1. The van der Waals surface area contributed by atoms with Crippen molar-refractivity contribution in [1.29, 1.82) is 0 Å². The van der Waals surface area contributed by atoms with Gasteiger partial charge in [-0.1, -0.05) is 37.0 Å². The van der Waals surface area contributed by atoms with Crippen molar-refractivity contribution in [2.75, 3.05) is 6.61 Å². The molecule has 0 saturated carbocycles. The maximum atomic E-state index is 11.9. The van der Waals surface area contributed by atoms with E-state index in [9.17, 15) is 4.79 Å². The maximum Gasteiger partial charge on any atom is 0.268 e. The predicted octanol–water partition coefficient (Wildman–Crippen LogP) is 2.46. The first-order valence-corrected chi connectivity index (χ1v) is 6.17. The summed E-state index contributed by atoms with van der Waals surface area (Å²) in [6.07, 6.45) is 0.519. The van der Waals surface area contributed by atoms with Crippen molar-refractivity contribution < 1.29 is 9.90 Å². The maximum absolute atomic E-state index is 11.9. The molecule has 1 aromatic rings. The Balaban J connectivity index is 2.70. The van der Waals surface area contributed by atoms with Gasteiger partial charge in [-0.15, -0.1) is 0 Å². The van der Waals surface area contributed by atoms with Crippen LogP contribution in [0.3, 0.4) is 0 Å². The van der Waals surface area contributed by atoms with Crippen LogP contribution < -0.4 is 5.32 Å². The summed E-state index contributed by atoms with van der Waals surface area (Å²) in [7, 11) is 0. The van der Waals surface area contributed by atoms with Crippen molar-refractivity contribution in [2.45, 2.75) is 26.3 Å². The minimum Gasteiger partial charge on any atom is -0.396 e. The number of aliphatic hydroxyl groups is 1. The van der Waals surface area contributed by atoms with Crippen molar-refractivity contribution in [3.05, 3.63) is 21.9 Å². The third-order valence-corrected chi connectivity index (χ3v) is 3.22. The van der Waals surface area contributed by atoms with Crippen LogP contribution in [0.1, 0.15) is 30.8 Å². The van der Waals surface area contributed by atoms with Gasteiger partial charge in [0.2, 0.25) is 0 Å². The molecule has 1 amide bonds. The van der Waals surface area contributed by atoms with E-state index >= 15 is 0 Å². The van der Waals surface area contributed by atoms with Gasteiger partial charge >= 0.3 is 0 Å². The van der Waals surface area contributed by atoms with Crippen molar-refractivity contribution in [2.24, 2.45) is 5.92 Å². The van der Waals surface area contributed by atoms with Crippen LogP contribution in [0.5, 0.6) is 0 Å². The molecule has 1 unspecified atom stereocenters. The van der Waals surface area contributed by atoms with Gasteiger partial charge in [-0.2, -0.15) is 0 Å². The fourth-order valence-corrected chi connectivity index (χ4v) is 1.80. The van der Waals surface area contributed by atoms with Gasteiger partial charge in [0.15, 0.2) is 0 Å². The highest BCUT2D eigenvalue weighted by atomic mass is 35.5. The van der Waals surface area contributed by atoms with Gasteiger partial charge in [0.1, 0.15) is 10.8 Å². The molecule has 0 aliphatic rings. The number of hydrogen-bond donors (Lipinski definition) is 3.